The molecule has 15 nitrogen and oxygen atoms in total. The number of aromatic nitrogens is 1. The minimum atomic E-state index is -3.73. The van der Waals surface area contributed by atoms with Crippen molar-refractivity contribution in [2.24, 2.45) is 5.73 Å². The van der Waals surface area contributed by atoms with E-state index in [4.69, 9.17) is 19.9 Å². The first-order valence-corrected chi connectivity index (χ1v) is 22.2. The van der Waals surface area contributed by atoms with Crippen LogP contribution in [0.15, 0.2) is 85.1 Å². The van der Waals surface area contributed by atoms with Crippen molar-refractivity contribution in [2.45, 2.75) is 26.2 Å². The van der Waals surface area contributed by atoms with E-state index in [1.54, 1.807) is 60.8 Å². The summed E-state index contributed by atoms with van der Waals surface area (Å²) in [6.07, 6.45) is 2.63. The normalized spacial score (nSPS) is 13.7. The number of nitrogens with two attached hydrogens (primary N) is 1. The Morgan fingerprint density at radius 2 is 1.66 bits per heavy atom. The maximum atomic E-state index is 13.4. The maximum absolute atomic E-state index is 13.4. The van der Waals surface area contributed by atoms with Crippen LogP contribution in [0, 0.1) is 0 Å². The number of anilines is 5. The maximum Gasteiger partial charge on any atom is 0.324 e. The third-order valence-electron chi connectivity index (χ3n) is 9.62. The van der Waals surface area contributed by atoms with E-state index in [2.05, 4.69) is 25.2 Å². The highest BCUT2D eigenvalue weighted by Gasteiger charge is 2.28. The van der Waals surface area contributed by atoms with Gasteiger partial charge >= 0.3 is 6.03 Å². The molecule has 1 aliphatic heterocycles. The summed E-state index contributed by atoms with van der Waals surface area (Å²) >= 11 is -0.760. The van der Waals surface area contributed by atoms with Crippen molar-refractivity contribution >= 4 is 72.5 Å². The molecule has 4 aromatic carbocycles. The average Bonchev–Trinajstić information content (AvgIpc) is 3.18. The number of ether oxygens (including phenoxy) is 3. The Morgan fingerprint density at radius 3 is 2.32 bits per heavy atom. The van der Waals surface area contributed by atoms with Gasteiger partial charge in [0.25, 0.3) is 5.91 Å². The van der Waals surface area contributed by atoms with Crippen LogP contribution < -0.4 is 40.2 Å². The Balaban J connectivity index is 1.27. The second-order valence-electron chi connectivity index (χ2n) is 15.0. The summed E-state index contributed by atoms with van der Waals surface area (Å²) in [4.78, 5) is 34.5. The van der Waals surface area contributed by atoms with Crippen LogP contribution >= 0.6 is 0 Å². The van der Waals surface area contributed by atoms with Crippen LogP contribution in [0.1, 0.15) is 36.7 Å². The number of pyridine rings is 1. The molecule has 3 amide bonds. The second-order valence-corrected chi connectivity index (χ2v) is 18.4. The Bertz CT molecular complexity index is 2450. The van der Waals surface area contributed by atoms with Gasteiger partial charge < -0.3 is 35.1 Å². The van der Waals surface area contributed by atoms with E-state index in [0.717, 1.165) is 24.9 Å². The van der Waals surface area contributed by atoms with E-state index in [0.29, 0.717) is 75.4 Å². The summed E-state index contributed by atoms with van der Waals surface area (Å²) in [5, 5.41) is 7.49. The Hall–Kier alpha value is -5.75. The molecule has 1 saturated heterocycles. The molecule has 6 rings (SSSR count). The van der Waals surface area contributed by atoms with Crippen LogP contribution in [0.3, 0.4) is 0 Å². The zero-order valence-corrected chi connectivity index (χ0v) is 35.5. The number of sulfonamides is 1. The van der Waals surface area contributed by atoms with Crippen LogP contribution in [-0.4, -0.2) is 93.0 Å². The van der Waals surface area contributed by atoms with Crippen molar-refractivity contribution in [1.29, 1.82) is 0 Å². The first-order chi connectivity index (χ1) is 28.0. The van der Waals surface area contributed by atoms with Crippen molar-refractivity contribution in [3.05, 3.63) is 96.2 Å². The number of carbonyl (C=O) groups excluding carboxylic acids is 2. The van der Waals surface area contributed by atoms with E-state index in [9.17, 15) is 22.6 Å². The van der Waals surface area contributed by atoms with Crippen molar-refractivity contribution in [3.63, 3.8) is 0 Å². The summed E-state index contributed by atoms with van der Waals surface area (Å²) in [7, 11) is -0.807. The lowest BCUT2D eigenvalue weighted by atomic mass is 9.86. The van der Waals surface area contributed by atoms with Crippen LogP contribution in [0.2, 0.25) is 0 Å². The number of nitrogens with one attached hydrogen (secondary N) is 3. The molecule has 0 radical (unpaired) electrons. The fourth-order valence-corrected chi connectivity index (χ4v) is 8.36. The average molecular weight is 844 g/mol. The van der Waals surface area contributed by atoms with Crippen LogP contribution in [0.4, 0.5) is 33.4 Å². The molecule has 1 fully saturated rings. The molecule has 0 spiro atoms. The van der Waals surface area contributed by atoms with Crippen molar-refractivity contribution < 1.29 is 36.8 Å². The van der Waals surface area contributed by atoms with Gasteiger partial charge in [0.1, 0.15) is 34.6 Å². The molecule has 17 heteroatoms. The number of amides is 3. The summed E-state index contributed by atoms with van der Waals surface area (Å²) in [6.45, 7) is 8.52. The number of carbonyl (C=O) groups is 2. The highest BCUT2D eigenvalue weighted by Crippen LogP contribution is 2.46. The number of nitrogens with zero attached hydrogens (tertiary/aromatic N) is 3. The van der Waals surface area contributed by atoms with Crippen LogP contribution in [-0.2, 0) is 26.6 Å². The SMILES string of the molecule is COc1cc(Nc2cc(Oc3ccc(N(C(N)=O)c4cc(C(C)(C)C)cc(NS(C)(=O)=O)c4OC)c4ccccc34)ccn2)cc(C(=O)NCCN2CC[S+]([O-])CC2)c1. The highest BCUT2D eigenvalue weighted by molar-refractivity contribution is 7.92. The van der Waals surface area contributed by atoms with Crippen molar-refractivity contribution in [3.8, 4) is 23.0 Å². The topological polar surface area (TPSA) is 201 Å². The zero-order chi connectivity index (χ0) is 42.5. The molecule has 1 aliphatic rings. The van der Waals surface area contributed by atoms with E-state index < -0.39 is 32.6 Å². The third kappa shape index (κ3) is 10.7. The molecule has 59 heavy (non-hydrogen) atoms. The number of rotatable bonds is 14. The zero-order valence-electron chi connectivity index (χ0n) is 33.8. The molecular weight excluding hydrogens is 795 g/mol. The lowest BCUT2D eigenvalue weighted by Gasteiger charge is -2.29. The molecule has 5 aromatic rings. The molecule has 0 bridgehead atoms. The molecule has 5 N–H and O–H groups in total. The Morgan fingerprint density at radius 1 is 0.932 bits per heavy atom. The first-order valence-electron chi connectivity index (χ1n) is 18.8. The molecule has 2 heterocycles. The number of hydrogen-bond acceptors (Lipinski definition) is 11. The number of benzene rings is 4. The molecule has 0 atom stereocenters. The number of fused-ring (bicyclic) bond motifs is 1. The van der Waals surface area contributed by atoms with Gasteiger partial charge in [0, 0.05) is 66.5 Å². The number of primary amides is 1. The van der Waals surface area contributed by atoms with Gasteiger partial charge in [-0.25, -0.2) is 18.2 Å². The van der Waals surface area contributed by atoms with Gasteiger partial charge in [0.15, 0.2) is 5.75 Å². The van der Waals surface area contributed by atoms with E-state index in [1.165, 1.54) is 19.1 Å². The quantitative estimate of drug-likeness (QED) is 0.0894. The van der Waals surface area contributed by atoms with Gasteiger partial charge in [0.2, 0.25) is 10.0 Å². The van der Waals surface area contributed by atoms with Crippen molar-refractivity contribution in [1.82, 2.24) is 15.2 Å². The van der Waals surface area contributed by atoms with E-state index >= 15 is 0 Å². The fraction of sp³-hybridized carbons (Fsp3) is 0.310. The summed E-state index contributed by atoms with van der Waals surface area (Å²) in [5.74, 6) is 3.00. The first kappa shape index (κ1) is 42.8. The number of hydrogen-bond donors (Lipinski definition) is 4. The van der Waals surface area contributed by atoms with Gasteiger partial charge in [0.05, 0.1) is 37.5 Å². The molecule has 312 valence electrons. The molecule has 1 aromatic heterocycles. The monoisotopic (exact) mass is 843 g/mol. The Labute approximate surface area is 347 Å². The summed E-state index contributed by atoms with van der Waals surface area (Å²) in [5.41, 5.74) is 8.18. The highest BCUT2D eigenvalue weighted by atomic mass is 32.2. The standard InChI is InChI=1S/C42H49N7O8S2/c1-42(2,3)28-23-34(47-59(6,53)54)39(56-5)36(24-28)49(41(43)51)35-11-12-37(33-10-8-7-9-32(33)35)57-30-13-14-44-38(26-30)46-29-21-27(22-31(25-29)55-4)40(50)45-15-16-48-17-19-58(52)20-18-48/h7-14,21-26,47H,15-20H2,1-6H3,(H2,43,51)(H,44,46)(H,45,50). The lowest BCUT2D eigenvalue weighted by molar-refractivity contribution is 0.0948. The largest absolute Gasteiger partial charge is 0.616 e. The van der Waals surface area contributed by atoms with Gasteiger partial charge in [-0.2, -0.15) is 0 Å². The van der Waals surface area contributed by atoms with Crippen LogP contribution in [0.25, 0.3) is 10.8 Å². The predicted molar refractivity (Wildman–Crippen MR) is 233 cm³/mol. The second kappa shape index (κ2) is 18.0. The third-order valence-corrected chi connectivity index (χ3v) is 11.5. The molecular formula is C42H49N7O8S2. The van der Waals surface area contributed by atoms with Gasteiger partial charge in [-0.3, -0.25) is 19.3 Å². The number of urea groups is 1. The van der Waals surface area contributed by atoms with E-state index in [1.807, 2.05) is 45.0 Å². The lowest BCUT2D eigenvalue weighted by Crippen LogP contribution is -2.43. The number of methoxy groups -OCH3 is 2. The predicted octanol–water partition coefficient (Wildman–Crippen LogP) is 6.47. The molecule has 0 aliphatic carbocycles. The summed E-state index contributed by atoms with van der Waals surface area (Å²) in [6, 6.07) is 21.9. The molecule has 0 unspecified atom stereocenters. The smallest absolute Gasteiger partial charge is 0.324 e. The minimum Gasteiger partial charge on any atom is -0.616 e. The summed E-state index contributed by atoms with van der Waals surface area (Å²) < 4.78 is 56.7. The van der Waals surface area contributed by atoms with Gasteiger partial charge in [-0.1, -0.05) is 56.2 Å². The van der Waals surface area contributed by atoms with Gasteiger partial charge in [-0.15, -0.1) is 0 Å². The Kier molecular flexibility index (Phi) is 13.1. The van der Waals surface area contributed by atoms with Crippen LogP contribution in [0.5, 0.6) is 23.0 Å². The fourth-order valence-electron chi connectivity index (χ4n) is 6.68. The minimum absolute atomic E-state index is 0.112. The van der Waals surface area contributed by atoms with Gasteiger partial charge in [-0.05, 0) is 53.4 Å². The van der Waals surface area contributed by atoms with E-state index in [-0.39, 0.29) is 23.0 Å². The molecule has 0 saturated carbocycles. The van der Waals surface area contributed by atoms with Crippen molar-refractivity contribution in [2.75, 3.05) is 73.1 Å².